The molecule has 0 aliphatic carbocycles. The lowest BCUT2D eigenvalue weighted by molar-refractivity contribution is 0.102. The number of fused-ring (bicyclic) bond motifs is 1. The third kappa shape index (κ3) is 2.90. The molecule has 23 heavy (non-hydrogen) atoms. The van der Waals surface area contributed by atoms with Crippen molar-refractivity contribution in [2.75, 3.05) is 5.32 Å². The van der Waals surface area contributed by atoms with Crippen molar-refractivity contribution in [2.24, 2.45) is 0 Å². The molecule has 0 unspecified atom stereocenters. The molecule has 3 aromatic rings. The summed E-state index contributed by atoms with van der Waals surface area (Å²) in [6, 6.07) is 10.7. The number of anilines is 1. The molecule has 0 saturated heterocycles. The van der Waals surface area contributed by atoms with E-state index < -0.39 is 0 Å². The maximum absolute atomic E-state index is 12.6. The summed E-state index contributed by atoms with van der Waals surface area (Å²) in [5.74, 6) is -0.355. The molecule has 3 rings (SSSR count). The van der Waals surface area contributed by atoms with Crippen LogP contribution in [-0.4, -0.2) is 15.3 Å². The van der Waals surface area contributed by atoms with Crippen molar-refractivity contribution in [2.45, 2.75) is 13.8 Å². The number of hydrogen-bond donors (Lipinski definition) is 1. The van der Waals surface area contributed by atoms with Gasteiger partial charge in [-0.3, -0.25) is 14.0 Å². The highest BCUT2D eigenvalue weighted by atomic mass is 79.9. The molecule has 0 aliphatic heterocycles. The standard InChI is InChI=1S/C17H14BrN3O2/c1-10-7-8-14-19-11(2)15(17(23)21(14)9-10)20-16(22)12-5-3-4-6-13(12)18/h3-9H,1-2H3,(H,20,22). The number of nitrogens with zero attached hydrogens (tertiary/aromatic N) is 2. The second-order valence-electron chi connectivity index (χ2n) is 5.25. The maximum Gasteiger partial charge on any atom is 0.281 e. The molecule has 6 heteroatoms. The zero-order valence-corrected chi connectivity index (χ0v) is 14.2. The minimum absolute atomic E-state index is 0.189. The van der Waals surface area contributed by atoms with E-state index in [9.17, 15) is 9.59 Å². The Bertz CT molecular complexity index is 979. The minimum Gasteiger partial charge on any atom is -0.316 e. The van der Waals surface area contributed by atoms with Gasteiger partial charge in [0.1, 0.15) is 11.3 Å². The van der Waals surface area contributed by atoms with Gasteiger partial charge in [-0.1, -0.05) is 18.2 Å². The monoisotopic (exact) mass is 371 g/mol. The smallest absolute Gasteiger partial charge is 0.281 e. The summed E-state index contributed by atoms with van der Waals surface area (Å²) in [5, 5.41) is 2.68. The number of carbonyl (C=O) groups is 1. The summed E-state index contributed by atoms with van der Waals surface area (Å²) in [7, 11) is 0. The number of aromatic nitrogens is 2. The third-order valence-corrected chi connectivity index (χ3v) is 4.20. The molecular weight excluding hydrogens is 358 g/mol. The number of amides is 1. The summed E-state index contributed by atoms with van der Waals surface area (Å²) >= 11 is 3.34. The highest BCUT2D eigenvalue weighted by Gasteiger charge is 2.15. The van der Waals surface area contributed by atoms with Crippen molar-refractivity contribution < 1.29 is 4.79 Å². The van der Waals surface area contributed by atoms with Crippen LogP contribution in [0.3, 0.4) is 0 Å². The molecule has 0 saturated carbocycles. The van der Waals surface area contributed by atoms with Gasteiger partial charge in [-0.25, -0.2) is 4.98 Å². The predicted molar refractivity (Wildman–Crippen MR) is 93.0 cm³/mol. The van der Waals surface area contributed by atoms with Gasteiger partial charge in [0.2, 0.25) is 0 Å². The van der Waals surface area contributed by atoms with Crippen molar-refractivity contribution >= 4 is 33.2 Å². The number of benzene rings is 1. The highest BCUT2D eigenvalue weighted by molar-refractivity contribution is 9.10. The van der Waals surface area contributed by atoms with E-state index in [1.54, 1.807) is 37.4 Å². The van der Waals surface area contributed by atoms with Gasteiger partial charge in [0.05, 0.1) is 11.3 Å². The van der Waals surface area contributed by atoms with E-state index in [-0.39, 0.29) is 17.2 Å². The van der Waals surface area contributed by atoms with Crippen molar-refractivity contribution in [3.8, 4) is 0 Å². The lowest BCUT2D eigenvalue weighted by Crippen LogP contribution is -2.25. The molecule has 1 N–H and O–H groups in total. The van der Waals surface area contributed by atoms with Crippen molar-refractivity contribution in [3.63, 3.8) is 0 Å². The zero-order valence-electron chi connectivity index (χ0n) is 12.6. The summed E-state index contributed by atoms with van der Waals surface area (Å²) in [4.78, 5) is 29.5. The second-order valence-corrected chi connectivity index (χ2v) is 6.10. The van der Waals surface area contributed by atoms with Crippen LogP contribution in [0, 0.1) is 13.8 Å². The maximum atomic E-state index is 12.6. The predicted octanol–water partition coefficient (Wildman–Crippen LogP) is 3.33. The van der Waals surface area contributed by atoms with Crippen molar-refractivity contribution in [1.82, 2.24) is 9.38 Å². The first-order valence-electron chi connectivity index (χ1n) is 7.03. The lowest BCUT2D eigenvalue weighted by Gasteiger charge is -2.10. The van der Waals surface area contributed by atoms with Crippen LogP contribution in [0.4, 0.5) is 5.69 Å². The molecule has 1 aromatic carbocycles. The zero-order chi connectivity index (χ0) is 16.6. The molecule has 0 aliphatic rings. The van der Waals surface area contributed by atoms with E-state index in [0.717, 1.165) is 5.56 Å². The molecule has 0 fully saturated rings. The Kier molecular flexibility index (Phi) is 4.00. The Morgan fingerprint density at radius 2 is 1.91 bits per heavy atom. The Labute approximate surface area is 141 Å². The summed E-state index contributed by atoms with van der Waals surface area (Å²) in [5.41, 5.74) is 2.33. The van der Waals surface area contributed by atoms with E-state index in [1.165, 1.54) is 4.40 Å². The minimum atomic E-state index is -0.355. The number of carbonyl (C=O) groups excluding carboxylic acids is 1. The molecule has 116 valence electrons. The van der Waals surface area contributed by atoms with Gasteiger partial charge in [-0.05, 0) is 53.5 Å². The Morgan fingerprint density at radius 1 is 1.17 bits per heavy atom. The number of nitrogens with one attached hydrogen (secondary N) is 1. The quantitative estimate of drug-likeness (QED) is 0.751. The van der Waals surface area contributed by atoms with Gasteiger partial charge < -0.3 is 5.32 Å². The average molecular weight is 372 g/mol. The molecular formula is C17H14BrN3O2. The fraction of sp³-hybridized carbons (Fsp3) is 0.118. The topological polar surface area (TPSA) is 63.5 Å². The molecule has 5 nitrogen and oxygen atoms in total. The van der Waals surface area contributed by atoms with Crippen LogP contribution in [0.2, 0.25) is 0 Å². The van der Waals surface area contributed by atoms with Crippen LogP contribution in [0.5, 0.6) is 0 Å². The van der Waals surface area contributed by atoms with Crippen LogP contribution in [0.15, 0.2) is 51.9 Å². The van der Waals surface area contributed by atoms with Crippen LogP contribution in [-0.2, 0) is 0 Å². The largest absolute Gasteiger partial charge is 0.316 e. The first-order valence-corrected chi connectivity index (χ1v) is 7.82. The fourth-order valence-electron chi connectivity index (χ4n) is 2.33. The van der Waals surface area contributed by atoms with E-state index >= 15 is 0 Å². The normalized spacial score (nSPS) is 10.7. The SMILES string of the molecule is Cc1ccc2nc(C)c(NC(=O)c3ccccc3Br)c(=O)n2c1. The Balaban J connectivity index is 2.08. The summed E-state index contributed by atoms with van der Waals surface area (Å²) in [6.45, 7) is 3.60. The van der Waals surface area contributed by atoms with E-state index in [4.69, 9.17) is 0 Å². The van der Waals surface area contributed by atoms with Gasteiger partial charge in [-0.2, -0.15) is 0 Å². The highest BCUT2D eigenvalue weighted by Crippen LogP contribution is 2.18. The third-order valence-electron chi connectivity index (χ3n) is 3.51. The summed E-state index contributed by atoms with van der Waals surface area (Å²) in [6.07, 6.45) is 1.71. The molecule has 2 aromatic heterocycles. The number of aryl methyl sites for hydroxylation is 2. The van der Waals surface area contributed by atoms with Crippen LogP contribution in [0.1, 0.15) is 21.6 Å². The van der Waals surface area contributed by atoms with Gasteiger partial charge in [0, 0.05) is 10.7 Å². The molecule has 1 amide bonds. The van der Waals surface area contributed by atoms with Gasteiger partial charge in [0.15, 0.2) is 0 Å². The molecule has 0 bridgehead atoms. The fourth-order valence-corrected chi connectivity index (χ4v) is 2.79. The van der Waals surface area contributed by atoms with E-state index in [2.05, 4.69) is 26.2 Å². The summed E-state index contributed by atoms with van der Waals surface area (Å²) < 4.78 is 2.11. The number of hydrogen-bond acceptors (Lipinski definition) is 3. The second kappa shape index (κ2) is 5.96. The van der Waals surface area contributed by atoms with Crippen LogP contribution >= 0.6 is 15.9 Å². The van der Waals surface area contributed by atoms with Crippen LogP contribution < -0.4 is 10.9 Å². The van der Waals surface area contributed by atoms with E-state index in [0.29, 0.717) is 21.4 Å². The van der Waals surface area contributed by atoms with E-state index in [1.807, 2.05) is 19.1 Å². The Hall–Kier alpha value is -2.47. The molecule has 2 heterocycles. The van der Waals surface area contributed by atoms with Crippen molar-refractivity contribution in [3.05, 3.63) is 74.2 Å². The molecule has 0 spiro atoms. The van der Waals surface area contributed by atoms with Gasteiger partial charge >= 0.3 is 0 Å². The number of halogens is 1. The molecule has 0 radical (unpaired) electrons. The van der Waals surface area contributed by atoms with Gasteiger partial charge in [0.25, 0.3) is 11.5 Å². The van der Waals surface area contributed by atoms with Gasteiger partial charge in [-0.15, -0.1) is 0 Å². The lowest BCUT2D eigenvalue weighted by atomic mass is 10.2. The average Bonchev–Trinajstić information content (AvgIpc) is 2.52. The number of rotatable bonds is 2. The molecule has 0 atom stereocenters. The first-order chi connectivity index (χ1) is 11.0. The number of pyridine rings is 1. The Morgan fingerprint density at radius 3 is 2.65 bits per heavy atom. The van der Waals surface area contributed by atoms with Crippen molar-refractivity contribution in [1.29, 1.82) is 0 Å². The first kappa shape index (κ1) is 15.4. The van der Waals surface area contributed by atoms with Crippen LogP contribution in [0.25, 0.3) is 5.65 Å².